The van der Waals surface area contributed by atoms with Gasteiger partial charge in [-0.2, -0.15) is 0 Å². The Labute approximate surface area is 94.6 Å². The summed E-state index contributed by atoms with van der Waals surface area (Å²) in [6.45, 7) is 2.95. The van der Waals surface area contributed by atoms with Gasteiger partial charge in [-0.3, -0.25) is 4.79 Å². The van der Waals surface area contributed by atoms with Gasteiger partial charge in [0.25, 0.3) is 0 Å². The summed E-state index contributed by atoms with van der Waals surface area (Å²) in [5.74, 6) is -0.282. The van der Waals surface area contributed by atoms with Crippen molar-refractivity contribution < 1.29 is 15.0 Å². The normalized spacial score (nSPS) is 12.2. The van der Waals surface area contributed by atoms with E-state index in [0.29, 0.717) is 4.88 Å². The monoisotopic (exact) mass is 242 g/mol. The minimum Gasteiger partial charge on any atom is -0.499 e. The van der Waals surface area contributed by atoms with Crippen molar-refractivity contribution in [3.63, 3.8) is 0 Å². The van der Waals surface area contributed by atoms with Crippen molar-refractivity contribution in [3.05, 3.63) is 17.0 Å². The summed E-state index contributed by atoms with van der Waals surface area (Å²) in [5, 5.41) is 19.0. The predicted octanol–water partition coefficient (Wildman–Crippen LogP) is 2.62. The van der Waals surface area contributed by atoms with E-state index in [1.807, 2.05) is 0 Å². The van der Waals surface area contributed by atoms with Gasteiger partial charge in [0.05, 0.1) is 4.88 Å². The number of thiophene rings is 2. The first-order chi connectivity index (χ1) is 6.88. The van der Waals surface area contributed by atoms with Gasteiger partial charge >= 0.3 is 0 Å². The average molecular weight is 242 g/mol. The second kappa shape index (κ2) is 3.30. The Balaban J connectivity index is 2.46. The number of aliphatic hydroxyl groups is 1. The number of carbonyl (C=O) groups is 1. The zero-order valence-corrected chi connectivity index (χ0v) is 9.91. The summed E-state index contributed by atoms with van der Waals surface area (Å²) in [6, 6.07) is 3.34. The lowest BCUT2D eigenvalue weighted by molar-refractivity contribution is 0.0492. The Kier molecular flexibility index (Phi) is 2.33. The predicted molar refractivity (Wildman–Crippen MR) is 62.0 cm³/mol. The largest absolute Gasteiger partial charge is 0.499 e. The smallest absolute Gasteiger partial charge is 0.203 e. The third kappa shape index (κ3) is 1.90. The molecule has 0 unspecified atom stereocenters. The fourth-order valence-electron chi connectivity index (χ4n) is 1.24. The van der Waals surface area contributed by atoms with Crippen LogP contribution in [0.15, 0.2) is 12.1 Å². The van der Waals surface area contributed by atoms with Crippen molar-refractivity contribution in [1.82, 2.24) is 0 Å². The van der Waals surface area contributed by atoms with Crippen LogP contribution < -0.4 is 0 Å². The lowest BCUT2D eigenvalue weighted by atomic mass is 10.0. The highest BCUT2D eigenvalue weighted by molar-refractivity contribution is 7.29. The highest BCUT2D eigenvalue weighted by atomic mass is 32.1. The van der Waals surface area contributed by atoms with Gasteiger partial charge in [0.1, 0.15) is 5.60 Å². The highest BCUT2D eigenvalue weighted by Gasteiger charge is 2.27. The maximum atomic E-state index is 11.7. The fraction of sp³-hybridized carbons (Fsp3) is 0.300. The number of Topliss-reactive ketones (excluding diaryl/α,β-unsaturated/α-hetero) is 1. The van der Waals surface area contributed by atoms with Crippen LogP contribution in [0.1, 0.15) is 23.5 Å². The van der Waals surface area contributed by atoms with Crippen molar-refractivity contribution in [2.75, 3.05) is 0 Å². The van der Waals surface area contributed by atoms with Gasteiger partial charge in [-0.05, 0) is 19.9 Å². The summed E-state index contributed by atoms with van der Waals surface area (Å²) in [4.78, 5) is 12.3. The zero-order chi connectivity index (χ0) is 11.2. The van der Waals surface area contributed by atoms with Gasteiger partial charge < -0.3 is 10.2 Å². The number of rotatable bonds is 2. The van der Waals surface area contributed by atoms with Crippen LogP contribution in [0.25, 0.3) is 9.40 Å². The summed E-state index contributed by atoms with van der Waals surface area (Å²) < 4.78 is 1.76. The van der Waals surface area contributed by atoms with Crippen LogP contribution in [-0.2, 0) is 0 Å². The summed E-state index contributed by atoms with van der Waals surface area (Å²) in [6.07, 6.45) is 0. The number of aromatic hydroxyl groups is 1. The molecule has 2 rings (SSSR count). The molecule has 3 nitrogen and oxygen atoms in total. The van der Waals surface area contributed by atoms with E-state index in [2.05, 4.69) is 0 Å². The van der Waals surface area contributed by atoms with Gasteiger partial charge in [-0.15, -0.1) is 11.3 Å². The standard InChI is InChI=1S/C10H10O3S2/c1-10(2,13)9(12)7-3-5-6(14-7)4-8(11)15-5/h3-4,11,13H,1-2H3. The molecule has 0 spiro atoms. The van der Waals surface area contributed by atoms with E-state index in [-0.39, 0.29) is 10.8 Å². The number of hydrogen-bond acceptors (Lipinski definition) is 5. The van der Waals surface area contributed by atoms with E-state index in [4.69, 9.17) is 0 Å². The SMILES string of the molecule is CC(C)(O)C(=O)c1cc2sc(O)cc2s1. The Bertz CT molecular complexity index is 485. The van der Waals surface area contributed by atoms with E-state index in [1.165, 1.54) is 36.5 Å². The lowest BCUT2D eigenvalue weighted by Gasteiger charge is -2.13. The van der Waals surface area contributed by atoms with E-state index in [9.17, 15) is 15.0 Å². The third-order valence-electron chi connectivity index (χ3n) is 1.97. The second-order valence-electron chi connectivity index (χ2n) is 3.81. The van der Waals surface area contributed by atoms with Gasteiger partial charge in [0.15, 0.2) is 5.06 Å². The van der Waals surface area contributed by atoms with Crippen molar-refractivity contribution in [1.29, 1.82) is 0 Å². The molecule has 0 aliphatic heterocycles. The lowest BCUT2D eigenvalue weighted by Crippen LogP contribution is -2.30. The molecule has 2 aromatic heterocycles. The van der Waals surface area contributed by atoms with E-state index in [1.54, 1.807) is 12.1 Å². The van der Waals surface area contributed by atoms with Crippen LogP contribution >= 0.6 is 22.7 Å². The van der Waals surface area contributed by atoms with Crippen LogP contribution in [0.2, 0.25) is 0 Å². The van der Waals surface area contributed by atoms with Crippen LogP contribution in [0.3, 0.4) is 0 Å². The fourth-order valence-corrected chi connectivity index (χ4v) is 3.46. The van der Waals surface area contributed by atoms with Crippen LogP contribution in [0.5, 0.6) is 5.06 Å². The quantitative estimate of drug-likeness (QED) is 0.796. The highest BCUT2D eigenvalue weighted by Crippen LogP contribution is 2.37. The Morgan fingerprint density at radius 1 is 1.27 bits per heavy atom. The van der Waals surface area contributed by atoms with E-state index in [0.717, 1.165) is 9.40 Å². The minimum atomic E-state index is -1.34. The maximum Gasteiger partial charge on any atom is 0.203 e. The van der Waals surface area contributed by atoms with Gasteiger partial charge in [0, 0.05) is 15.5 Å². The number of hydrogen-bond donors (Lipinski definition) is 2. The molecule has 0 atom stereocenters. The van der Waals surface area contributed by atoms with Crippen LogP contribution in [0.4, 0.5) is 0 Å². The first-order valence-electron chi connectivity index (χ1n) is 4.37. The number of carbonyl (C=O) groups excluding carboxylic acids is 1. The minimum absolute atomic E-state index is 0.249. The van der Waals surface area contributed by atoms with E-state index >= 15 is 0 Å². The molecule has 2 heterocycles. The summed E-state index contributed by atoms with van der Waals surface area (Å²) >= 11 is 2.53. The zero-order valence-electron chi connectivity index (χ0n) is 8.27. The van der Waals surface area contributed by atoms with Gasteiger partial charge in [-0.1, -0.05) is 11.3 Å². The van der Waals surface area contributed by atoms with E-state index < -0.39 is 5.60 Å². The molecule has 2 aromatic rings. The molecule has 15 heavy (non-hydrogen) atoms. The number of fused-ring (bicyclic) bond motifs is 1. The molecule has 0 bridgehead atoms. The van der Waals surface area contributed by atoms with Crippen LogP contribution in [-0.4, -0.2) is 21.6 Å². The molecule has 0 amide bonds. The summed E-state index contributed by atoms with van der Waals surface area (Å²) in [5.41, 5.74) is -1.34. The van der Waals surface area contributed by atoms with Crippen molar-refractivity contribution in [2.45, 2.75) is 19.4 Å². The second-order valence-corrected chi connectivity index (χ2v) is 5.96. The summed E-state index contributed by atoms with van der Waals surface area (Å²) in [7, 11) is 0. The molecule has 0 radical (unpaired) electrons. The van der Waals surface area contributed by atoms with Crippen molar-refractivity contribution in [3.8, 4) is 5.06 Å². The molecule has 80 valence electrons. The first-order valence-corrected chi connectivity index (χ1v) is 6.01. The molecular formula is C10H10O3S2. The Morgan fingerprint density at radius 3 is 2.40 bits per heavy atom. The first kappa shape index (κ1) is 10.6. The molecule has 5 heteroatoms. The third-order valence-corrected chi connectivity index (χ3v) is 4.07. The van der Waals surface area contributed by atoms with Crippen molar-refractivity contribution >= 4 is 37.9 Å². The molecule has 2 N–H and O–H groups in total. The topological polar surface area (TPSA) is 57.5 Å². The molecular weight excluding hydrogens is 232 g/mol. The molecule has 0 fully saturated rings. The maximum absolute atomic E-state index is 11.7. The Hall–Kier alpha value is -0.910. The molecule has 0 aliphatic rings. The molecule has 0 aromatic carbocycles. The molecule has 0 saturated heterocycles. The average Bonchev–Trinajstić information content (AvgIpc) is 2.57. The molecule has 0 aliphatic carbocycles. The molecule has 0 saturated carbocycles. The number of ketones is 1. The van der Waals surface area contributed by atoms with Crippen molar-refractivity contribution in [2.24, 2.45) is 0 Å². The Morgan fingerprint density at radius 2 is 1.87 bits per heavy atom. The van der Waals surface area contributed by atoms with Crippen LogP contribution in [0, 0.1) is 0 Å². The van der Waals surface area contributed by atoms with Gasteiger partial charge in [-0.25, -0.2) is 0 Å². The van der Waals surface area contributed by atoms with Gasteiger partial charge in [0.2, 0.25) is 5.78 Å².